The molecule has 1 aliphatic rings. The van der Waals surface area contributed by atoms with E-state index in [-0.39, 0.29) is 30.2 Å². The summed E-state index contributed by atoms with van der Waals surface area (Å²) in [5, 5.41) is 2.93. The van der Waals surface area contributed by atoms with Gasteiger partial charge in [0, 0.05) is 26.1 Å². The Labute approximate surface area is 167 Å². The number of nitrogens with one attached hydrogen (secondary N) is 1. The predicted molar refractivity (Wildman–Crippen MR) is 107 cm³/mol. The fourth-order valence-corrected chi connectivity index (χ4v) is 3.56. The normalized spacial score (nSPS) is 17.6. The van der Waals surface area contributed by atoms with Crippen LogP contribution in [-0.4, -0.2) is 48.9 Å². The number of amides is 2. The monoisotopic (exact) mass is 388 g/mol. The Morgan fingerprint density at radius 3 is 2.64 bits per heavy atom. The molecule has 1 aromatic carbocycles. The first-order chi connectivity index (χ1) is 13.5. The zero-order valence-corrected chi connectivity index (χ0v) is 17.0. The maximum atomic E-state index is 12.7. The Balaban J connectivity index is 1.92. The molecule has 0 spiro atoms. The summed E-state index contributed by atoms with van der Waals surface area (Å²) in [6.45, 7) is 5.50. The molecule has 2 amide bonds. The molecule has 2 atom stereocenters. The van der Waals surface area contributed by atoms with Crippen LogP contribution in [0.5, 0.6) is 0 Å². The SMILES string of the molecule is CCCC(=O)N1CCCC(C(=O)NCC(Cc2ccccc2)C(=O)OCC)C1. The lowest BCUT2D eigenvalue weighted by Gasteiger charge is -2.32. The third kappa shape index (κ3) is 6.66. The number of hydrogen-bond donors (Lipinski definition) is 1. The Morgan fingerprint density at radius 2 is 1.96 bits per heavy atom. The van der Waals surface area contributed by atoms with E-state index < -0.39 is 5.92 Å². The largest absolute Gasteiger partial charge is 0.466 e. The number of carbonyl (C=O) groups is 3. The highest BCUT2D eigenvalue weighted by Crippen LogP contribution is 2.18. The van der Waals surface area contributed by atoms with Gasteiger partial charge in [-0.3, -0.25) is 14.4 Å². The third-order valence-corrected chi connectivity index (χ3v) is 5.08. The van der Waals surface area contributed by atoms with E-state index in [1.165, 1.54) is 0 Å². The third-order valence-electron chi connectivity index (χ3n) is 5.08. The van der Waals surface area contributed by atoms with Crippen molar-refractivity contribution in [3.05, 3.63) is 35.9 Å². The minimum atomic E-state index is -0.423. The van der Waals surface area contributed by atoms with E-state index in [2.05, 4.69) is 5.32 Å². The average molecular weight is 389 g/mol. The summed E-state index contributed by atoms with van der Waals surface area (Å²) in [4.78, 5) is 38.9. The minimum Gasteiger partial charge on any atom is -0.466 e. The van der Waals surface area contributed by atoms with Crippen molar-refractivity contribution in [2.45, 2.75) is 46.0 Å². The van der Waals surface area contributed by atoms with Gasteiger partial charge in [0.1, 0.15) is 0 Å². The van der Waals surface area contributed by atoms with Crippen LogP contribution in [0, 0.1) is 11.8 Å². The van der Waals surface area contributed by atoms with Crippen LogP contribution in [-0.2, 0) is 25.5 Å². The molecule has 154 valence electrons. The molecule has 2 rings (SSSR count). The van der Waals surface area contributed by atoms with Crippen molar-refractivity contribution in [1.29, 1.82) is 0 Å². The van der Waals surface area contributed by atoms with E-state index in [9.17, 15) is 14.4 Å². The number of likely N-dealkylation sites (tertiary alicyclic amines) is 1. The van der Waals surface area contributed by atoms with Crippen molar-refractivity contribution in [1.82, 2.24) is 10.2 Å². The first kappa shape index (κ1) is 21.9. The zero-order chi connectivity index (χ0) is 20.4. The lowest BCUT2D eigenvalue weighted by Crippen LogP contribution is -2.46. The maximum absolute atomic E-state index is 12.7. The Morgan fingerprint density at radius 1 is 1.21 bits per heavy atom. The van der Waals surface area contributed by atoms with Gasteiger partial charge in [0.2, 0.25) is 11.8 Å². The highest BCUT2D eigenvalue weighted by atomic mass is 16.5. The van der Waals surface area contributed by atoms with Gasteiger partial charge in [-0.2, -0.15) is 0 Å². The average Bonchev–Trinajstić information content (AvgIpc) is 2.72. The van der Waals surface area contributed by atoms with Gasteiger partial charge in [0.05, 0.1) is 18.4 Å². The summed E-state index contributed by atoms with van der Waals surface area (Å²) in [5.74, 6) is -0.901. The Bertz CT molecular complexity index is 647. The van der Waals surface area contributed by atoms with Crippen molar-refractivity contribution in [3.8, 4) is 0 Å². The van der Waals surface area contributed by atoms with E-state index in [1.807, 2.05) is 37.3 Å². The summed E-state index contributed by atoms with van der Waals surface area (Å²) in [7, 11) is 0. The molecule has 0 radical (unpaired) electrons. The van der Waals surface area contributed by atoms with Gasteiger partial charge in [-0.25, -0.2) is 0 Å². The number of nitrogens with zero attached hydrogens (tertiary/aromatic N) is 1. The number of piperidine rings is 1. The van der Waals surface area contributed by atoms with Crippen LogP contribution in [0.3, 0.4) is 0 Å². The van der Waals surface area contributed by atoms with Crippen LogP contribution in [0.1, 0.15) is 45.1 Å². The number of benzene rings is 1. The van der Waals surface area contributed by atoms with Gasteiger partial charge >= 0.3 is 5.97 Å². The number of carbonyl (C=O) groups excluding carboxylic acids is 3. The molecule has 1 saturated heterocycles. The molecule has 0 aromatic heterocycles. The van der Waals surface area contributed by atoms with Gasteiger partial charge in [0.15, 0.2) is 0 Å². The van der Waals surface area contributed by atoms with Gasteiger partial charge in [-0.05, 0) is 38.2 Å². The molecule has 2 unspecified atom stereocenters. The number of esters is 1. The van der Waals surface area contributed by atoms with Gasteiger partial charge in [-0.15, -0.1) is 0 Å². The van der Waals surface area contributed by atoms with E-state index in [4.69, 9.17) is 4.74 Å². The summed E-state index contributed by atoms with van der Waals surface area (Å²) >= 11 is 0. The first-order valence-electron chi connectivity index (χ1n) is 10.3. The van der Waals surface area contributed by atoms with Gasteiger partial charge in [-0.1, -0.05) is 37.3 Å². The molecule has 1 N–H and O–H groups in total. The van der Waals surface area contributed by atoms with Crippen molar-refractivity contribution in [3.63, 3.8) is 0 Å². The minimum absolute atomic E-state index is 0.0867. The lowest BCUT2D eigenvalue weighted by molar-refractivity contribution is -0.148. The lowest BCUT2D eigenvalue weighted by atomic mass is 9.95. The summed E-state index contributed by atoms with van der Waals surface area (Å²) < 4.78 is 5.19. The van der Waals surface area contributed by atoms with Crippen molar-refractivity contribution < 1.29 is 19.1 Å². The number of hydrogen-bond acceptors (Lipinski definition) is 4. The van der Waals surface area contributed by atoms with Crippen molar-refractivity contribution in [2.75, 3.05) is 26.2 Å². The molecule has 0 bridgehead atoms. The van der Waals surface area contributed by atoms with E-state index in [1.54, 1.807) is 11.8 Å². The number of ether oxygens (including phenoxy) is 1. The topological polar surface area (TPSA) is 75.7 Å². The molecule has 6 nitrogen and oxygen atoms in total. The van der Waals surface area contributed by atoms with Crippen molar-refractivity contribution >= 4 is 17.8 Å². The molecule has 1 fully saturated rings. The molecule has 0 saturated carbocycles. The Kier molecular flexibility index (Phi) is 8.98. The van der Waals surface area contributed by atoms with E-state index in [0.29, 0.717) is 26.0 Å². The smallest absolute Gasteiger partial charge is 0.311 e. The highest BCUT2D eigenvalue weighted by Gasteiger charge is 2.29. The van der Waals surface area contributed by atoms with Crippen LogP contribution in [0.2, 0.25) is 0 Å². The molecule has 6 heteroatoms. The highest BCUT2D eigenvalue weighted by molar-refractivity contribution is 5.82. The second-order valence-corrected chi connectivity index (χ2v) is 7.31. The molecule has 1 heterocycles. The zero-order valence-electron chi connectivity index (χ0n) is 17.0. The molecular formula is C22H32N2O4. The van der Waals surface area contributed by atoms with Crippen LogP contribution < -0.4 is 5.32 Å². The first-order valence-corrected chi connectivity index (χ1v) is 10.3. The molecular weight excluding hydrogens is 356 g/mol. The van der Waals surface area contributed by atoms with E-state index >= 15 is 0 Å². The van der Waals surface area contributed by atoms with Crippen LogP contribution in [0.15, 0.2) is 30.3 Å². The molecule has 1 aromatic rings. The fraction of sp³-hybridized carbons (Fsp3) is 0.591. The molecule has 28 heavy (non-hydrogen) atoms. The van der Waals surface area contributed by atoms with Crippen molar-refractivity contribution in [2.24, 2.45) is 11.8 Å². The quantitative estimate of drug-likeness (QED) is 0.660. The fourth-order valence-electron chi connectivity index (χ4n) is 3.56. The maximum Gasteiger partial charge on any atom is 0.311 e. The van der Waals surface area contributed by atoms with E-state index in [0.717, 1.165) is 31.4 Å². The van der Waals surface area contributed by atoms with Crippen LogP contribution in [0.25, 0.3) is 0 Å². The molecule has 0 aliphatic carbocycles. The van der Waals surface area contributed by atoms with Crippen LogP contribution >= 0.6 is 0 Å². The standard InChI is InChI=1S/C22H32N2O4/c1-3-9-20(25)24-13-8-12-18(16-24)21(26)23-15-19(22(27)28-4-2)14-17-10-6-5-7-11-17/h5-7,10-11,18-19H,3-4,8-9,12-16H2,1-2H3,(H,23,26). The second-order valence-electron chi connectivity index (χ2n) is 7.31. The number of rotatable bonds is 9. The second kappa shape index (κ2) is 11.5. The van der Waals surface area contributed by atoms with Crippen LogP contribution in [0.4, 0.5) is 0 Å². The molecule has 1 aliphatic heterocycles. The predicted octanol–water partition coefficient (Wildman–Crippen LogP) is 2.56. The van der Waals surface area contributed by atoms with Gasteiger partial charge < -0.3 is 15.0 Å². The van der Waals surface area contributed by atoms with Gasteiger partial charge in [0.25, 0.3) is 0 Å². The summed E-state index contributed by atoms with van der Waals surface area (Å²) in [6.07, 6.45) is 3.46. The summed E-state index contributed by atoms with van der Waals surface area (Å²) in [5.41, 5.74) is 1.03. The Hall–Kier alpha value is -2.37. The summed E-state index contributed by atoms with van der Waals surface area (Å²) in [6, 6.07) is 9.72.